The highest BCUT2D eigenvalue weighted by Gasteiger charge is 2.22. The van der Waals surface area contributed by atoms with Crippen molar-refractivity contribution in [2.75, 3.05) is 13.1 Å². The molecule has 130 valence electrons. The minimum atomic E-state index is -0.170. The summed E-state index contributed by atoms with van der Waals surface area (Å²) in [4.78, 5) is 30.8. The highest BCUT2D eigenvalue weighted by Crippen LogP contribution is 2.18. The first-order chi connectivity index (χ1) is 12.1. The Bertz CT molecular complexity index is 728. The lowest BCUT2D eigenvalue weighted by Crippen LogP contribution is -2.39. The molecule has 1 fully saturated rings. The minimum absolute atomic E-state index is 0.0481. The van der Waals surface area contributed by atoms with Crippen molar-refractivity contribution < 1.29 is 9.59 Å². The van der Waals surface area contributed by atoms with E-state index in [2.05, 4.69) is 17.2 Å². The van der Waals surface area contributed by atoms with Gasteiger partial charge in [-0.05, 0) is 55.2 Å². The van der Waals surface area contributed by atoms with Crippen LogP contribution in [0, 0.1) is 5.92 Å². The molecule has 0 radical (unpaired) electrons. The Kier molecular flexibility index (Phi) is 5.43. The number of aromatic nitrogens is 1. The van der Waals surface area contributed by atoms with Gasteiger partial charge in [0.15, 0.2) is 0 Å². The first kappa shape index (κ1) is 17.1. The van der Waals surface area contributed by atoms with Crippen molar-refractivity contribution in [2.45, 2.75) is 26.3 Å². The standard InChI is InChI=1S/C20H23N3O2/c1-15-5-4-12-23(14-15)20(25)17-9-7-16(8-10-17)19(24)22-13-18-6-2-3-11-21-18/h2-3,6-11,15H,4-5,12-14H2,1H3,(H,22,24). The number of hydrogen-bond acceptors (Lipinski definition) is 3. The molecule has 2 aromatic rings. The number of hydrogen-bond donors (Lipinski definition) is 1. The predicted molar refractivity (Wildman–Crippen MR) is 96.2 cm³/mol. The van der Waals surface area contributed by atoms with Gasteiger partial charge in [0, 0.05) is 30.4 Å². The van der Waals surface area contributed by atoms with Crippen molar-refractivity contribution in [3.63, 3.8) is 0 Å². The van der Waals surface area contributed by atoms with Crippen molar-refractivity contribution in [1.82, 2.24) is 15.2 Å². The fourth-order valence-corrected chi connectivity index (χ4v) is 3.10. The SMILES string of the molecule is CC1CCCN(C(=O)c2ccc(C(=O)NCc3ccccn3)cc2)C1. The maximum Gasteiger partial charge on any atom is 0.253 e. The number of nitrogens with one attached hydrogen (secondary N) is 1. The summed E-state index contributed by atoms with van der Waals surface area (Å²) in [7, 11) is 0. The minimum Gasteiger partial charge on any atom is -0.346 e. The second kappa shape index (κ2) is 7.92. The molecule has 0 spiro atoms. The first-order valence-corrected chi connectivity index (χ1v) is 8.71. The molecule has 2 heterocycles. The van der Waals surface area contributed by atoms with E-state index in [1.54, 1.807) is 30.5 Å². The number of likely N-dealkylation sites (tertiary alicyclic amines) is 1. The van der Waals surface area contributed by atoms with Crippen molar-refractivity contribution in [3.8, 4) is 0 Å². The molecule has 0 aliphatic carbocycles. The summed E-state index contributed by atoms with van der Waals surface area (Å²) < 4.78 is 0. The van der Waals surface area contributed by atoms with E-state index >= 15 is 0 Å². The van der Waals surface area contributed by atoms with E-state index in [9.17, 15) is 9.59 Å². The molecule has 1 N–H and O–H groups in total. The lowest BCUT2D eigenvalue weighted by molar-refractivity contribution is 0.0682. The summed E-state index contributed by atoms with van der Waals surface area (Å²) >= 11 is 0. The van der Waals surface area contributed by atoms with Crippen LogP contribution >= 0.6 is 0 Å². The molecule has 1 aromatic heterocycles. The van der Waals surface area contributed by atoms with Gasteiger partial charge in [-0.15, -0.1) is 0 Å². The van der Waals surface area contributed by atoms with Crippen LogP contribution in [0.15, 0.2) is 48.7 Å². The molecule has 25 heavy (non-hydrogen) atoms. The zero-order chi connectivity index (χ0) is 17.6. The van der Waals surface area contributed by atoms with Crippen molar-refractivity contribution >= 4 is 11.8 Å². The average Bonchev–Trinajstić information content (AvgIpc) is 2.66. The molecule has 1 aliphatic rings. The van der Waals surface area contributed by atoms with Gasteiger partial charge in [0.05, 0.1) is 12.2 Å². The van der Waals surface area contributed by atoms with E-state index in [0.717, 1.165) is 25.2 Å². The first-order valence-electron chi connectivity index (χ1n) is 8.71. The molecule has 1 saturated heterocycles. The van der Waals surface area contributed by atoms with Crippen LogP contribution in [-0.4, -0.2) is 34.8 Å². The van der Waals surface area contributed by atoms with E-state index in [1.165, 1.54) is 6.42 Å². The second-order valence-electron chi connectivity index (χ2n) is 6.58. The van der Waals surface area contributed by atoms with Crippen LogP contribution in [-0.2, 0) is 6.54 Å². The summed E-state index contributed by atoms with van der Waals surface area (Å²) in [6.45, 7) is 4.18. The monoisotopic (exact) mass is 337 g/mol. The van der Waals surface area contributed by atoms with Gasteiger partial charge in [0.2, 0.25) is 0 Å². The highest BCUT2D eigenvalue weighted by atomic mass is 16.2. The van der Waals surface area contributed by atoms with Gasteiger partial charge in [-0.3, -0.25) is 14.6 Å². The molecule has 1 unspecified atom stereocenters. The molecule has 3 rings (SSSR count). The zero-order valence-electron chi connectivity index (χ0n) is 14.4. The molecular formula is C20H23N3O2. The van der Waals surface area contributed by atoms with Crippen molar-refractivity contribution in [2.24, 2.45) is 5.92 Å². The Labute approximate surface area is 148 Å². The van der Waals surface area contributed by atoms with E-state index in [4.69, 9.17) is 0 Å². The van der Waals surface area contributed by atoms with E-state index in [1.807, 2.05) is 23.1 Å². The molecule has 1 aliphatic heterocycles. The third-order valence-corrected chi connectivity index (χ3v) is 4.49. The number of rotatable bonds is 4. The predicted octanol–water partition coefficient (Wildman–Crippen LogP) is 2.88. The van der Waals surface area contributed by atoms with E-state index < -0.39 is 0 Å². The highest BCUT2D eigenvalue weighted by molar-refractivity contribution is 5.97. The summed E-state index contributed by atoms with van der Waals surface area (Å²) in [5, 5.41) is 2.84. The van der Waals surface area contributed by atoms with Gasteiger partial charge in [-0.25, -0.2) is 0 Å². The van der Waals surface area contributed by atoms with Crippen LogP contribution in [0.3, 0.4) is 0 Å². The molecule has 0 saturated carbocycles. The third-order valence-electron chi connectivity index (χ3n) is 4.49. The number of pyridine rings is 1. The molecule has 5 heteroatoms. The molecule has 1 aromatic carbocycles. The summed E-state index contributed by atoms with van der Waals surface area (Å²) in [5.74, 6) is 0.428. The summed E-state index contributed by atoms with van der Waals surface area (Å²) in [6, 6.07) is 12.5. The average molecular weight is 337 g/mol. The zero-order valence-corrected chi connectivity index (χ0v) is 14.4. The van der Waals surface area contributed by atoms with Crippen LogP contribution in [0.5, 0.6) is 0 Å². The normalized spacial score (nSPS) is 17.2. The van der Waals surface area contributed by atoms with Crippen LogP contribution in [0.2, 0.25) is 0 Å². The molecular weight excluding hydrogens is 314 g/mol. The van der Waals surface area contributed by atoms with Crippen molar-refractivity contribution in [3.05, 3.63) is 65.5 Å². The van der Waals surface area contributed by atoms with Gasteiger partial charge in [-0.1, -0.05) is 13.0 Å². The van der Waals surface area contributed by atoms with E-state index in [-0.39, 0.29) is 11.8 Å². The topological polar surface area (TPSA) is 62.3 Å². The maximum atomic E-state index is 12.6. The molecule has 1 atom stereocenters. The lowest BCUT2D eigenvalue weighted by atomic mass is 9.99. The fraction of sp³-hybridized carbons (Fsp3) is 0.350. The number of amides is 2. The quantitative estimate of drug-likeness (QED) is 0.933. The number of piperidine rings is 1. The van der Waals surface area contributed by atoms with Gasteiger partial charge < -0.3 is 10.2 Å². The number of carbonyl (C=O) groups is 2. The summed E-state index contributed by atoms with van der Waals surface area (Å²) in [5.41, 5.74) is 1.98. The lowest BCUT2D eigenvalue weighted by Gasteiger charge is -2.31. The van der Waals surface area contributed by atoms with Crippen LogP contribution < -0.4 is 5.32 Å². The fourth-order valence-electron chi connectivity index (χ4n) is 3.10. The molecule has 5 nitrogen and oxygen atoms in total. The molecule has 0 bridgehead atoms. The number of benzene rings is 1. The Morgan fingerprint density at radius 2 is 1.92 bits per heavy atom. The summed E-state index contributed by atoms with van der Waals surface area (Å²) in [6.07, 6.45) is 3.93. The van der Waals surface area contributed by atoms with Gasteiger partial charge in [-0.2, -0.15) is 0 Å². The van der Waals surface area contributed by atoms with Crippen LogP contribution in [0.4, 0.5) is 0 Å². The van der Waals surface area contributed by atoms with Gasteiger partial charge in [0.1, 0.15) is 0 Å². The third kappa shape index (κ3) is 4.44. The Morgan fingerprint density at radius 3 is 2.60 bits per heavy atom. The van der Waals surface area contributed by atoms with Crippen molar-refractivity contribution in [1.29, 1.82) is 0 Å². The smallest absolute Gasteiger partial charge is 0.253 e. The number of nitrogens with zero attached hydrogens (tertiary/aromatic N) is 2. The Balaban J connectivity index is 1.59. The second-order valence-corrected chi connectivity index (χ2v) is 6.58. The van der Waals surface area contributed by atoms with Gasteiger partial charge >= 0.3 is 0 Å². The van der Waals surface area contributed by atoms with Gasteiger partial charge in [0.25, 0.3) is 11.8 Å². The molecule has 2 amide bonds. The van der Waals surface area contributed by atoms with Crippen LogP contribution in [0.1, 0.15) is 46.2 Å². The largest absolute Gasteiger partial charge is 0.346 e. The maximum absolute atomic E-state index is 12.6. The Morgan fingerprint density at radius 1 is 1.16 bits per heavy atom. The number of carbonyl (C=O) groups excluding carboxylic acids is 2. The Hall–Kier alpha value is -2.69. The van der Waals surface area contributed by atoms with Crippen LogP contribution in [0.25, 0.3) is 0 Å². The van der Waals surface area contributed by atoms with E-state index in [0.29, 0.717) is 23.6 Å².